The molecule has 0 fully saturated rings. The van der Waals surface area contributed by atoms with E-state index >= 15 is 0 Å². The Balaban J connectivity index is 2.14. The third kappa shape index (κ3) is 4.17. The van der Waals surface area contributed by atoms with Crippen molar-refractivity contribution in [1.29, 1.82) is 0 Å². The van der Waals surface area contributed by atoms with Crippen molar-refractivity contribution in [3.63, 3.8) is 0 Å². The highest BCUT2D eigenvalue weighted by Gasteiger charge is 2.10. The van der Waals surface area contributed by atoms with Gasteiger partial charge in [-0.2, -0.15) is 5.10 Å². The Labute approximate surface area is 133 Å². The number of benzene rings is 1. The van der Waals surface area contributed by atoms with E-state index in [1.807, 2.05) is 24.3 Å². The van der Waals surface area contributed by atoms with E-state index in [4.69, 9.17) is 17.3 Å². The van der Waals surface area contributed by atoms with Crippen LogP contribution in [0.1, 0.15) is 21.7 Å². The minimum Gasteiger partial charge on any atom is -0.405 e. The molecule has 0 radical (unpaired) electrons. The van der Waals surface area contributed by atoms with Crippen molar-refractivity contribution in [1.82, 2.24) is 10.2 Å². The first-order valence-electron chi connectivity index (χ1n) is 6.55. The summed E-state index contributed by atoms with van der Waals surface area (Å²) in [5.41, 5.74) is 7.71. The summed E-state index contributed by atoms with van der Waals surface area (Å²) in [6.07, 6.45) is 4.83. The van der Waals surface area contributed by atoms with E-state index in [2.05, 4.69) is 21.8 Å². The lowest BCUT2D eigenvalue weighted by molar-refractivity contribution is 0.0998. The van der Waals surface area contributed by atoms with E-state index in [9.17, 15) is 4.79 Å². The van der Waals surface area contributed by atoms with Gasteiger partial charge in [0.25, 0.3) is 5.91 Å². The van der Waals surface area contributed by atoms with Crippen LogP contribution in [-0.2, 0) is 6.42 Å². The van der Waals surface area contributed by atoms with Gasteiger partial charge in [0.1, 0.15) is 0 Å². The van der Waals surface area contributed by atoms with Gasteiger partial charge in [0.15, 0.2) is 5.69 Å². The number of nitrogens with two attached hydrogens (primary N) is 1. The molecule has 0 saturated carbocycles. The molecule has 1 heterocycles. The van der Waals surface area contributed by atoms with Gasteiger partial charge in [0, 0.05) is 17.1 Å². The number of hydrogen-bond acceptors (Lipinski definition) is 3. The number of amides is 1. The third-order valence-electron chi connectivity index (χ3n) is 2.84. The number of nitrogens with zero attached hydrogens (tertiary/aromatic N) is 2. The minimum absolute atomic E-state index is 0.238. The molecule has 1 aromatic carbocycles. The molecular weight excluding hydrogens is 300 g/mol. The number of aliphatic imine (C=N–C) groups is 1. The maximum Gasteiger partial charge on any atom is 0.298 e. The summed E-state index contributed by atoms with van der Waals surface area (Å²) < 4.78 is 0. The van der Waals surface area contributed by atoms with Crippen LogP contribution in [0.25, 0.3) is 0 Å². The number of H-pyrrole nitrogens is 1. The molecule has 0 saturated heterocycles. The van der Waals surface area contributed by atoms with Crippen LogP contribution in [-0.4, -0.2) is 21.8 Å². The van der Waals surface area contributed by atoms with Crippen LogP contribution < -0.4 is 5.73 Å². The van der Waals surface area contributed by atoms with Crippen LogP contribution in [0.3, 0.4) is 0 Å². The molecule has 5 nitrogen and oxygen atoms in total. The number of rotatable bonds is 5. The fourth-order valence-corrected chi connectivity index (χ4v) is 2.07. The van der Waals surface area contributed by atoms with Crippen molar-refractivity contribution < 1.29 is 4.79 Å². The van der Waals surface area contributed by atoms with Gasteiger partial charge in [-0.15, -0.1) is 0 Å². The van der Waals surface area contributed by atoms with Crippen molar-refractivity contribution in [2.45, 2.75) is 6.42 Å². The third-order valence-corrected chi connectivity index (χ3v) is 3.08. The molecule has 0 atom stereocenters. The Morgan fingerprint density at radius 2 is 2.27 bits per heavy atom. The second-order valence-electron chi connectivity index (χ2n) is 4.49. The smallest absolute Gasteiger partial charge is 0.298 e. The summed E-state index contributed by atoms with van der Waals surface area (Å²) in [5, 5.41) is 7.47. The Morgan fingerprint density at radius 3 is 2.95 bits per heavy atom. The van der Waals surface area contributed by atoms with Gasteiger partial charge in [-0.05, 0) is 42.1 Å². The van der Waals surface area contributed by atoms with Gasteiger partial charge >= 0.3 is 0 Å². The molecule has 0 aliphatic heterocycles. The van der Waals surface area contributed by atoms with Crippen LogP contribution in [0.5, 0.6) is 0 Å². The maximum absolute atomic E-state index is 12.0. The Hall–Kier alpha value is -2.66. The number of aromatic nitrogens is 2. The minimum atomic E-state index is -0.457. The molecule has 3 N–H and O–H groups in total. The lowest BCUT2D eigenvalue weighted by Gasteiger charge is -1.98. The quantitative estimate of drug-likeness (QED) is 0.832. The molecule has 6 heteroatoms. The molecule has 22 heavy (non-hydrogen) atoms. The van der Waals surface area contributed by atoms with Crippen LogP contribution in [0.4, 0.5) is 0 Å². The van der Waals surface area contributed by atoms with E-state index in [1.54, 1.807) is 6.07 Å². The number of allylic oxidation sites excluding steroid dienone is 2. The van der Waals surface area contributed by atoms with E-state index in [-0.39, 0.29) is 5.69 Å². The van der Waals surface area contributed by atoms with Crippen molar-refractivity contribution in [2.75, 3.05) is 0 Å². The number of hydrogen-bond donors (Lipinski definition) is 2. The number of halogens is 1. The highest BCUT2D eigenvalue weighted by molar-refractivity contribution is 6.30. The first-order valence-corrected chi connectivity index (χ1v) is 6.92. The molecule has 1 aromatic heterocycles. The van der Waals surface area contributed by atoms with E-state index in [0.29, 0.717) is 17.2 Å². The van der Waals surface area contributed by atoms with Crippen molar-refractivity contribution >= 4 is 23.2 Å². The van der Waals surface area contributed by atoms with Crippen molar-refractivity contribution in [3.8, 4) is 0 Å². The van der Waals surface area contributed by atoms with Gasteiger partial charge in [0.05, 0.1) is 5.71 Å². The zero-order chi connectivity index (χ0) is 15.9. The number of carbonyl (C=O) groups is 1. The predicted molar refractivity (Wildman–Crippen MR) is 88.1 cm³/mol. The number of nitrogens with one attached hydrogen (secondary N) is 1. The van der Waals surface area contributed by atoms with Gasteiger partial charge in [-0.25, -0.2) is 4.99 Å². The molecule has 0 spiro atoms. The van der Waals surface area contributed by atoms with Crippen LogP contribution in [0.15, 0.2) is 60.3 Å². The number of aromatic amines is 1. The van der Waals surface area contributed by atoms with Crippen LogP contribution >= 0.6 is 11.6 Å². The Bertz CT molecular complexity index is 746. The average Bonchev–Trinajstić information content (AvgIpc) is 2.95. The van der Waals surface area contributed by atoms with Crippen LogP contribution in [0, 0.1) is 0 Å². The second-order valence-corrected chi connectivity index (χ2v) is 4.93. The normalized spacial score (nSPS) is 11.8. The molecule has 1 amide bonds. The number of carbonyl (C=O) groups excluding carboxylic acids is 1. The van der Waals surface area contributed by atoms with Gasteiger partial charge in [0.2, 0.25) is 0 Å². The van der Waals surface area contributed by atoms with Crippen LogP contribution in [0.2, 0.25) is 5.02 Å². The molecule has 0 bridgehead atoms. The molecule has 0 aliphatic rings. The first-order chi connectivity index (χ1) is 10.6. The predicted octanol–water partition coefficient (Wildman–Crippen LogP) is 2.89. The lowest BCUT2D eigenvalue weighted by atomic mass is 10.1. The van der Waals surface area contributed by atoms with E-state index in [0.717, 1.165) is 11.3 Å². The summed E-state index contributed by atoms with van der Waals surface area (Å²) in [6, 6.07) is 9.17. The molecule has 0 unspecified atom stereocenters. The van der Waals surface area contributed by atoms with E-state index < -0.39 is 5.91 Å². The summed E-state index contributed by atoms with van der Waals surface area (Å²) in [5.74, 6) is -0.457. The SMILES string of the molecule is C=CC(/C=C\N)=NC(=O)c1cc(Cc2cccc(Cl)c2)[nH]n1. The highest BCUT2D eigenvalue weighted by Crippen LogP contribution is 2.14. The lowest BCUT2D eigenvalue weighted by Crippen LogP contribution is -2.00. The van der Waals surface area contributed by atoms with E-state index in [1.165, 1.54) is 18.4 Å². The zero-order valence-electron chi connectivity index (χ0n) is 11.8. The average molecular weight is 315 g/mol. The fourth-order valence-electron chi connectivity index (χ4n) is 1.85. The molecule has 0 aliphatic carbocycles. The van der Waals surface area contributed by atoms with Crippen molar-refractivity contribution in [3.05, 3.63) is 77.2 Å². The molecule has 2 aromatic rings. The second kappa shape index (κ2) is 7.38. The van der Waals surface area contributed by atoms with Crippen molar-refractivity contribution in [2.24, 2.45) is 10.7 Å². The monoisotopic (exact) mass is 314 g/mol. The highest BCUT2D eigenvalue weighted by atomic mass is 35.5. The summed E-state index contributed by atoms with van der Waals surface area (Å²) in [4.78, 5) is 15.9. The maximum atomic E-state index is 12.0. The fraction of sp³-hybridized carbons (Fsp3) is 0.0625. The summed E-state index contributed by atoms with van der Waals surface area (Å²) >= 11 is 5.95. The molecule has 2 rings (SSSR count). The Morgan fingerprint density at radius 1 is 1.45 bits per heavy atom. The topological polar surface area (TPSA) is 84.1 Å². The molecule has 112 valence electrons. The standard InChI is InChI=1S/C16H15ClN4O/c1-2-13(6-7-18)19-16(22)15-10-14(20-21-15)9-11-4-3-5-12(17)8-11/h2-8,10H,1,9,18H2,(H,20,21)/b7-6-,19-13?. The molecular formula is C16H15ClN4O. The van der Waals surface area contributed by atoms with Gasteiger partial charge in [-0.1, -0.05) is 30.3 Å². The first kappa shape index (κ1) is 15.7. The van der Waals surface area contributed by atoms with Gasteiger partial charge < -0.3 is 5.73 Å². The Kier molecular flexibility index (Phi) is 5.27. The zero-order valence-corrected chi connectivity index (χ0v) is 12.5. The largest absolute Gasteiger partial charge is 0.405 e. The van der Waals surface area contributed by atoms with Gasteiger partial charge in [-0.3, -0.25) is 9.89 Å². The summed E-state index contributed by atoms with van der Waals surface area (Å²) in [6.45, 7) is 3.57. The summed E-state index contributed by atoms with van der Waals surface area (Å²) in [7, 11) is 0.